The number of fused-ring (bicyclic) bond motifs is 4. The minimum atomic E-state index is -0.550. The summed E-state index contributed by atoms with van der Waals surface area (Å²) in [6, 6.07) is 57.9. The smallest absolute Gasteiger partial charge is 0.412 e. The Morgan fingerprint density at radius 3 is 1.21 bits per heavy atom. The Bertz CT molecular complexity index is 3550. The lowest BCUT2D eigenvalue weighted by Gasteiger charge is -2.19. The zero-order chi connectivity index (χ0) is 58.7. The summed E-state index contributed by atoms with van der Waals surface area (Å²) in [5.74, 6) is 5.73. The monoisotopic (exact) mass is 1130 g/mol. The van der Waals surface area contributed by atoms with Gasteiger partial charge in [0, 0.05) is 55.6 Å². The lowest BCUT2D eigenvalue weighted by molar-refractivity contribution is -0.118. The van der Waals surface area contributed by atoms with E-state index in [2.05, 4.69) is 16.0 Å². The predicted molar refractivity (Wildman–Crippen MR) is 313 cm³/mol. The van der Waals surface area contributed by atoms with Gasteiger partial charge in [-0.05, 0) is 133 Å². The van der Waals surface area contributed by atoms with Gasteiger partial charge in [-0.1, -0.05) is 109 Å². The molecule has 0 spiro atoms. The molecule has 3 N–H and O–H groups in total. The van der Waals surface area contributed by atoms with Crippen molar-refractivity contribution in [1.29, 1.82) is 0 Å². The van der Waals surface area contributed by atoms with Crippen LogP contribution in [0, 0.1) is 0 Å². The number of rotatable bonds is 15. The molecule has 0 unspecified atom stereocenters. The maximum Gasteiger partial charge on any atom is 0.412 e. The van der Waals surface area contributed by atoms with Crippen LogP contribution in [-0.2, 0) is 53.1 Å². The van der Waals surface area contributed by atoms with Gasteiger partial charge >= 0.3 is 6.09 Å². The fourth-order valence-electron chi connectivity index (χ4n) is 8.70. The van der Waals surface area contributed by atoms with Gasteiger partial charge in [0.1, 0.15) is 17.2 Å². The van der Waals surface area contributed by atoms with Crippen LogP contribution in [0.15, 0.2) is 188 Å². The quantitative estimate of drug-likeness (QED) is 0.0874. The van der Waals surface area contributed by atoms with Gasteiger partial charge in [-0.15, -0.1) is 0 Å². The lowest BCUT2D eigenvalue weighted by Crippen LogP contribution is -2.27. The molecule has 3 amide bonds. The summed E-state index contributed by atoms with van der Waals surface area (Å²) in [4.78, 5) is 60.0. The third-order valence-corrected chi connectivity index (χ3v) is 12.8. The summed E-state index contributed by atoms with van der Waals surface area (Å²) in [6.45, 7) is 7.34. The first-order valence-corrected chi connectivity index (χ1v) is 27.1. The molecule has 4 aliphatic rings. The number of carbonyl (C=O) groups excluding carboxylic acids is 5. The highest BCUT2D eigenvalue weighted by molar-refractivity contribution is 5.95. The van der Waals surface area contributed by atoms with Crippen molar-refractivity contribution in [3.63, 3.8) is 0 Å². The number of hydrogen-bond acceptors (Lipinski definition) is 14. The van der Waals surface area contributed by atoms with E-state index in [0.717, 1.165) is 56.4 Å². The minimum absolute atomic E-state index is 0.0849. The number of carbonyl (C=O) groups is 5. The van der Waals surface area contributed by atoms with Gasteiger partial charge in [-0.25, -0.2) is 4.79 Å². The van der Waals surface area contributed by atoms with Crippen LogP contribution in [-0.4, -0.2) is 62.2 Å². The highest BCUT2D eigenvalue weighted by Gasteiger charge is 2.20. The molecule has 0 radical (unpaired) electrons. The number of nitrogens with one attached hydrogen (secondary N) is 3. The summed E-state index contributed by atoms with van der Waals surface area (Å²) in [7, 11) is 0. The van der Waals surface area contributed by atoms with Crippen molar-refractivity contribution in [3.05, 3.63) is 233 Å². The molecule has 17 nitrogen and oxygen atoms in total. The van der Waals surface area contributed by atoms with Gasteiger partial charge in [-0.2, -0.15) is 0 Å². The average Bonchev–Trinajstić information content (AvgIpc) is 4.56. The third-order valence-electron chi connectivity index (χ3n) is 12.8. The first kappa shape index (κ1) is 58.4. The maximum atomic E-state index is 12.3. The van der Waals surface area contributed by atoms with E-state index in [1.165, 1.54) is 0 Å². The SMILES string of the molecule is CC(C)(C)OC(=O)Nc1ccc(CC(=O)Cc2ccc3c(c2)OCO3)cc1.O=C(Cc1ccccc1)Cc1ccc2c(c1)OCO2.O=C(NCc1ccc2c(c1)OCO2)c1ccccc1.O=C(NCc1ccccc1)c1ccc2c(c1)OCO2. The predicted octanol–water partition coefficient (Wildman–Crippen LogP) is 11.6. The molecular weight excluding hydrogens is 1070 g/mol. The molecule has 0 aromatic heterocycles. The molecule has 430 valence electrons. The molecule has 0 aliphatic carbocycles. The Morgan fingerprint density at radius 1 is 0.369 bits per heavy atom. The molecule has 84 heavy (non-hydrogen) atoms. The number of anilines is 1. The number of ketones is 2. The Balaban J connectivity index is 0.000000136. The van der Waals surface area contributed by atoms with Crippen LogP contribution < -0.4 is 53.8 Å². The molecule has 0 bridgehead atoms. The fourth-order valence-corrected chi connectivity index (χ4v) is 8.70. The van der Waals surface area contributed by atoms with E-state index in [1.54, 1.807) is 63.2 Å². The highest BCUT2D eigenvalue weighted by atomic mass is 16.7. The molecular formula is C67H63N3O14. The van der Waals surface area contributed by atoms with Gasteiger partial charge < -0.3 is 53.3 Å². The van der Waals surface area contributed by atoms with Crippen molar-refractivity contribution in [2.75, 3.05) is 32.5 Å². The fraction of sp³-hybridized carbons (Fsp3) is 0.209. The third kappa shape index (κ3) is 17.6. The Labute approximate surface area is 486 Å². The second-order valence-electron chi connectivity index (χ2n) is 20.4. The van der Waals surface area contributed by atoms with Crippen molar-refractivity contribution in [2.45, 2.75) is 65.1 Å². The largest absolute Gasteiger partial charge is 0.454 e. The first-order valence-electron chi connectivity index (χ1n) is 27.1. The van der Waals surface area contributed by atoms with Crippen molar-refractivity contribution in [2.24, 2.45) is 0 Å². The van der Waals surface area contributed by atoms with Crippen LogP contribution in [0.5, 0.6) is 46.0 Å². The number of Topliss-reactive ketones (excluding diaryl/α,β-unsaturated/α-hetero) is 2. The highest BCUT2D eigenvalue weighted by Crippen LogP contribution is 2.35. The Hall–Kier alpha value is -10.3. The van der Waals surface area contributed by atoms with Gasteiger partial charge in [0.05, 0.1) is 0 Å². The van der Waals surface area contributed by atoms with Crippen LogP contribution in [0.3, 0.4) is 0 Å². The Morgan fingerprint density at radius 2 is 0.726 bits per heavy atom. The second kappa shape index (κ2) is 28.4. The van der Waals surface area contributed by atoms with Gasteiger partial charge in [-0.3, -0.25) is 24.5 Å². The molecule has 12 rings (SSSR count). The average molecular weight is 1130 g/mol. The number of benzene rings is 8. The molecule has 0 atom stereocenters. The summed E-state index contributed by atoms with van der Waals surface area (Å²) in [6.07, 6.45) is 1.03. The van der Waals surface area contributed by atoms with Crippen molar-refractivity contribution in [1.82, 2.24) is 10.6 Å². The van der Waals surface area contributed by atoms with Crippen LogP contribution in [0.25, 0.3) is 0 Å². The normalized spacial score (nSPS) is 12.4. The molecule has 17 heteroatoms. The second-order valence-corrected chi connectivity index (χ2v) is 20.4. The van der Waals surface area contributed by atoms with E-state index in [1.807, 2.05) is 146 Å². The summed E-state index contributed by atoms with van der Waals surface area (Å²) < 4.78 is 47.4. The van der Waals surface area contributed by atoms with E-state index in [-0.39, 0.29) is 50.6 Å². The zero-order valence-corrected chi connectivity index (χ0v) is 46.7. The maximum absolute atomic E-state index is 12.3. The van der Waals surface area contributed by atoms with Crippen molar-refractivity contribution in [3.8, 4) is 46.0 Å². The molecule has 8 aromatic rings. The minimum Gasteiger partial charge on any atom is -0.454 e. The lowest BCUT2D eigenvalue weighted by atomic mass is 10.0. The molecule has 4 aliphatic heterocycles. The van der Waals surface area contributed by atoms with E-state index in [9.17, 15) is 24.0 Å². The molecule has 0 saturated heterocycles. The van der Waals surface area contributed by atoms with Crippen LogP contribution in [0.4, 0.5) is 10.5 Å². The Kier molecular flexibility index (Phi) is 19.7. The van der Waals surface area contributed by atoms with E-state index in [4.69, 9.17) is 42.6 Å². The summed E-state index contributed by atoms with van der Waals surface area (Å²) in [5, 5.41) is 8.41. The van der Waals surface area contributed by atoms with Crippen LogP contribution in [0.2, 0.25) is 0 Å². The van der Waals surface area contributed by atoms with Gasteiger partial charge in [0.25, 0.3) is 11.8 Å². The van der Waals surface area contributed by atoms with Gasteiger partial charge in [0.2, 0.25) is 27.2 Å². The van der Waals surface area contributed by atoms with E-state index in [0.29, 0.717) is 78.6 Å². The topological polar surface area (TPSA) is 205 Å². The molecule has 0 fully saturated rings. The molecule has 4 heterocycles. The van der Waals surface area contributed by atoms with Crippen molar-refractivity contribution >= 4 is 35.2 Å². The summed E-state index contributed by atoms with van der Waals surface area (Å²) >= 11 is 0. The van der Waals surface area contributed by atoms with E-state index >= 15 is 0 Å². The first-order chi connectivity index (χ1) is 40.7. The van der Waals surface area contributed by atoms with Crippen LogP contribution >= 0.6 is 0 Å². The van der Waals surface area contributed by atoms with Crippen LogP contribution in [0.1, 0.15) is 74.9 Å². The summed E-state index contributed by atoms with van der Waals surface area (Å²) in [5.41, 5.74) is 7.14. The molecule has 8 aromatic carbocycles. The van der Waals surface area contributed by atoms with E-state index < -0.39 is 11.7 Å². The number of amides is 3. The number of hydrogen-bond donors (Lipinski definition) is 3. The standard InChI is InChI=1S/C21H23NO5.C16H14O3.2C15H13NO3/c1-21(2,3)27-20(24)22-16-7-4-14(5-8-16)10-17(23)11-15-6-9-18-19(12-15)26-13-25-18;17-14(8-12-4-2-1-3-5-12)9-13-6-7-15-16(10-13)19-11-18-15;17-15(12-4-2-1-3-5-12)16-9-11-6-7-13-14(8-11)19-10-18-13;17-15(16-9-11-4-2-1-3-5-11)12-6-7-13-14(8-12)19-10-18-13/h4-9,12H,10-11,13H2,1-3H3,(H,22,24);1-7,10H,8-9,11H2;2*1-8H,9-10H2,(H,16,17). The number of ether oxygens (including phenoxy) is 9. The zero-order valence-electron chi connectivity index (χ0n) is 46.7. The van der Waals surface area contributed by atoms with Crippen molar-refractivity contribution < 1.29 is 66.6 Å². The molecule has 0 saturated carbocycles. The van der Waals surface area contributed by atoms with Gasteiger partial charge in [0.15, 0.2) is 46.0 Å².